The Morgan fingerprint density at radius 2 is 1.17 bits per heavy atom. The minimum Gasteiger partial charge on any atom is -0.222 e. The van der Waals surface area contributed by atoms with Crippen LogP contribution in [0.1, 0.15) is 58.8 Å². The van der Waals surface area contributed by atoms with Crippen LogP contribution >= 0.6 is 0 Å². The molecule has 0 fully saturated rings. The minimum absolute atomic E-state index is 0.750. The fraction of sp³-hybridized carbons (Fsp3) is 0.900. The van der Waals surface area contributed by atoms with Gasteiger partial charge >= 0.3 is 0 Å². The van der Waals surface area contributed by atoms with E-state index in [9.17, 15) is 0 Å². The number of carbonyl (C=O) groups excluding carboxylic acids is 1. The Morgan fingerprint density at radius 3 is 1.42 bits per heavy atom. The molecule has 0 aromatic carbocycles. The van der Waals surface area contributed by atoms with Gasteiger partial charge in [-0.3, -0.25) is 0 Å². The Bertz CT molecular complexity index is 90.0. The number of unbranched alkanes of at least 4 members (excludes halogenated alkanes) is 6. The summed E-state index contributed by atoms with van der Waals surface area (Å²) in [6.07, 6.45) is 10.7. The molecule has 2 nitrogen and oxygen atoms in total. The van der Waals surface area contributed by atoms with Crippen molar-refractivity contribution in [2.24, 2.45) is 0 Å². The maximum absolute atomic E-state index is 8.35. The van der Waals surface area contributed by atoms with Crippen molar-refractivity contribution in [1.82, 2.24) is 0 Å². The molecule has 2 heteroatoms. The van der Waals surface area contributed by atoms with E-state index < -0.39 is 0 Å². The first-order valence-corrected chi connectivity index (χ1v) is 4.87. The molecule has 12 heavy (non-hydrogen) atoms. The molecule has 1 N–H and O–H groups in total. The molecule has 0 unspecified atom stereocenters. The Morgan fingerprint density at radius 1 is 0.917 bits per heavy atom. The molecule has 0 heterocycles. The van der Waals surface area contributed by atoms with Crippen molar-refractivity contribution >= 4 is 6.08 Å². The van der Waals surface area contributed by atoms with Crippen LogP contribution in [-0.2, 0) is 4.79 Å². The molecule has 0 atom stereocenters. The minimum atomic E-state index is 0.750. The van der Waals surface area contributed by atoms with Crippen molar-refractivity contribution in [3.63, 3.8) is 0 Å². The number of rotatable bonds is 6. The van der Waals surface area contributed by atoms with Crippen LogP contribution in [-0.4, -0.2) is 6.08 Å². The molecule has 0 amide bonds. The molecule has 0 spiro atoms. The van der Waals surface area contributed by atoms with Crippen molar-refractivity contribution in [2.75, 3.05) is 0 Å². The predicted octanol–water partition coefficient (Wildman–Crippen LogP) is 3.66. The number of hydrogen-bond acceptors (Lipinski definition) is 2. The van der Waals surface area contributed by atoms with E-state index in [1.54, 1.807) is 0 Å². The molecule has 0 aliphatic rings. The van der Waals surface area contributed by atoms with E-state index in [1.165, 1.54) is 44.9 Å². The highest BCUT2D eigenvalue weighted by molar-refractivity contribution is 5.26. The normalized spacial score (nSPS) is 8.17. The molecule has 72 valence electrons. The smallest absolute Gasteiger partial charge is 0.222 e. The first-order valence-electron chi connectivity index (χ1n) is 4.87. The van der Waals surface area contributed by atoms with Gasteiger partial charge in [0.2, 0.25) is 6.08 Å². The molecule has 0 aliphatic heterocycles. The third kappa shape index (κ3) is 22.8. The highest BCUT2D eigenvalue weighted by Gasteiger charge is 1.85. The Kier molecular flexibility index (Phi) is 19.5. The van der Waals surface area contributed by atoms with E-state index >= 15 is 0 Å². The molecule has 0 aromatic heterocycles. The average molecular weight is 171 g/mol. The second-order valence-electron chi connectivity index (χ2n) is 2.87. The maximum atomic E-state index is 8.35. The quantitative estimate of drug-likeness (QED) is 0.370. The van der Waals surface area contributed by atoms with Gasteiger partial charge in [-0.15, -0.1) is 0 Å². The lowest BCUT2D eigenvalue weighted by Gasteiger charge is -1.96. The van der Waals surface area contributed by atoms with Gasteiger partial charge in [0.15, 0.2) is 0 Å². The van der Waals surface area contributed by atoms with Crippen LogP contribution in [0.4, 0.5) is 0 Å². The summed E-state index contributed by atoms with van der Waals surface area (Å²) >= 11 is 0. The lowest BCUT2D eigenvalue weighted by Crippen LogP contribution is -1.76. The molecular weight excluding hydrogens is 150 g/mol. The van der Waals surface area contributed by atoms with Gasteiger partial charge in [-0.1, -0.05) is 58.8 Å². The highest BCUT2D eigenvalue weighted by Crippen LogP contribution is 2.05. The van der Waals surface area contributed by atoms with Gasteiger partial charge in [-0.05, 0) is 0 Å². The lowest BCUT2D eigenvalue weighted by molar-refractivity contribution is 0.563. The molecule has 0 rings (SSSR count). The van der Waals surface area contributed by atoms with Crippen LogP contribution in [0.5, 0.6) is 0 Å². The van der Waals surface area contributed by atoms with Crippen molar-refractivity contribution < 1.29 is 4.79 Å². The molecule has 0 aliphatic carbocycles. The molecular formula is C10H21NO. The number of isocyanates is 1. The van der Waals surface area contributed by atoms with E-state index in [0.717, 1.165) is 6.08 Å². The Balaban J connectivity index is 0. The molecule has 0 bridgehead atoms. The van der Waals surface area contributed by atoms with Gasteiger partial charge in [0.1, 0.15) is 0 Å². The van der Waals surface area contributed by atoms with Crippen molar-refractivity contribution in [2.45, 2.75) is 58.8 Å². The average Bonchev–Trinajstić information content (AvgIpc) is 2.06. The monoisotopic (exact) mass is 171 g/mol. The second kappa shape index (κ2) is 16.8. The van der Waals surface area contributed by atoms with Gasteiger partial charge in [0.25, 0.3) is 0 Å². The van der Waals surface area contributed by atoms with E-state index in [2.05, 4.69) is 13.8 Å². The summed E-state index contributed by atoms with van der Waals surface area (Å²) in [5.74, 6) is 0. The van der Waals surface area contributed by atoms with Crippen LogP contribution in [0.2, 0.25) is 0 Å². The molecule has 0 radical (unpaired) electrons. The zero-order chi connectivity index (χ0) is 9.66. The Hall–Kier alpha value is -0.620. The van der Waals surface area contributed by atoms with E-state index in [4.69, 9.17) is 10.2 Å². The molecule has 0 saturated heterocycles. The first-order chi connectivity index (χ1) is 5.83. The van der Waals surface area contributed by atoms with E-state index in [-0.39, 0.29) is 0 Å². The summed E-state index contributed by atoms with van der Waals surface area (Å²) in [6.45, 7) is 4.53. The fourth-order valence-corrected chi connectivity index (χ4v) is 1.03. The first kappa shape index (κ1) is 13.9. The Labute approximate surface area is 75.9 Å². The van der Waals surface area contributed by atoms with Gasteiger partial charge in [0, 0.05) is 0 Å². The van der Waals surface area contributed by atoms with Crippen LogP contribution < -0.4 is 0 Å². The van der Waals surface area contributed by atoms with Gasteiger partial charge in [-0.25, -0.2) is 10.2 Å². The topological polar surface area (TPSA) is 40.9 Å². The van der Waals surface area contributed by atoms with Crippen LogP contribution in [0.15, 0.2) is 0 Å². The lowest BCUT2D eigenvalue weighted by atomic mass is 10.1. The summed E-state index contributed by atoms with van der Waals surface area (Å²) in [4.78, 5) is 8.35. The third-order valence-electron chi connectivity index (χ3n) is 1.71. The predicted molar refractivity (Wildman–Crippen MR) is 52.1 cm³/mol. The van der Waals surface area contributed by atoms with Crippen molar-refractivity contribution in [3.8, 4) is 0 Å². The van der Waals surface area contributed by atoms with Gasteiger partial charge < -0.3 is 0 Å². The SMILES string of the molecule is CCCCCCCCC.N=C=O. The summed E-state index contributed by atoms with van der Waals surface area (Å²) in [5, 5.41) is 5.40. The number of hydrogen-bond donors (Lipinski definition) is 1. The summed E-state index contributed by atoms with van der Waals surface area (Å²) in [5.41, 5.74) is 0. The van der Waals surface area contributed by atoms with Gasteiger partial charge in [0.05, 0.1) is 0 Å². The van der Waals surface area contributed by atoms with Crippen LogP contribution in [0.25, 0.3) is 0 Å². The largest absolute Gasteiger partial charge is 0.231 e. The third-order valence-corrected chi connectivity index (χ3v) is 1.71. The van der Waals surface area contributed by atoms with E-state index in [0.29, 0.717) is 0 Å². The standard InChI is InChI=1S/C9H20.CHNO/c1-3-5-7-9-8-6-4-2;2-1-3/h3-9H2,1-2H3;2H. The van der Waals surface area contributed by atoms with Gasteiger partial charge in [-0.2, -0.15) is 0 Å². The zero-order valence-corrected chi connectivity index (χ0v) is 8.36. The van der Waals surface area contributed by atoms with Crippen LogP contribution in [0.3, 0.4) is 0 Å². The summed E-state index contributed by atoms with van der Waals surface area (Å²) in [7, 11) is 0. The number of nitrogens with one attached hydrogen (secondary N) is 1. The highest BCUT2D eigenvalue weighted by atomic mass is 16.1. The fourth-order valence-electron chi connectivity index (χ4n) is 1.03. The maximum Gasteiger partial charge on any atom is 0.231 e. The second-order valence-corrected chi connectivity index (χ2v) is 2.87. The van der Waals surface area contributed by atoms with Crippen molar-refractivity contribution in [1.29, 1.82) is 5.41 Å². The molecule has 0 aromatic rings. The zero-order valence-electron chi connectivity index (χ0n) is 8.36. The molecule has 0 saturated carbocycles. The van der Waals surface area contributed by atoms with Crippen LogP contribution in [0, 0.1) is 5.41 Å². The summed E-state index contributed by atoms with van der Waals surface area (Å²) < 4.78 is 0. The van der Waals surface area contributed by atoms with Crippen molar-refractivity contribution in [3.05, 3.63) is 0 Å². The van der Waals surface area contributed by atoms with E-state index in [1.807, 2.05) is 0 Å². The summed E-state index contributed by atoms with van der Waals surface area (Å²) in [6, 6.07) is 0.